The van der Waals surface area contributed by atoms with E-state index in [1.807, 2.05) is 36.4 Å². The number of benzene rings is 2. The quantitative estimate of drug-likeness (QED) is 0.530. The van der Waals surface area contributed by atoms with Crippen LogP contribution in [0.15, 0.2) is 54.9 Å². The molecular weight excluding hydrogens is 274 g/mol. The fourth-order valence-electron chi connectivity index (χ4n) is 3.05. The molecule has 3 aromatic rings. The molecule has 0 atom stereocenters. The van der Waals surface area contributed by atoms with E-state index in [-0.39, 0.29) is 5.97 Å². The van der Waals surface area contributed by atoms with Crippen molar-refractivity contribution in [3.05, 3.63) is 71.5 Å². The highest BCUT2D eigenvalue weighted by molar-refractivity contribution is 6.04. The third-order valence-electron chi connectivity index (χ3n) is 4.17. The molecule has 4 rings (SSSR count). The lowest BCUT2D eigenvalue weighted by molar-refractivity contribution is 0.0736. The fourth-order valence-corrected chi connectivity index (χ4v) is 3.05. The minimum absolute atomic E-state index is 0.359. The van der Waals surface area contributed by atoms with Crippen LogP contribution in [0, 0.1) is 0 Å². The summed E-state index contributed by atoms with van der Waals surface area (Å²) in [6, 6.07) is 13.6. The first-order chi connectivity index (χ1) is 10.8. The summed E-state index contributed by atoms with van der Waals surface area (Å²) in [4.78, 5) is 16.6. The molecule has 0 radical (unpaired) electrons. The van der Waals surface area contributed by atoms with Gasteiger partial charge >= 0.3 is 5.97 Å². The van der Waals surface area contributed by atoms with Gasteiger partial charge < -0.3 is 4.74 Å². The first-order valence-corrected chi connectivity index (χ1v) is 7.48. The summed E-state index contributed by atoms with van der Waals surface area (Å²) in [6.07, 6.45) is 6.69. The van der Waals surface area contributed by atoms with Gasteiger partial charge in [0.1, 0.15) is 5.75 Å². The first kappa shape index (κ1) is 13.0. The van der Waals surface area contributed by atoms with Crippen LogP contribution in [0.3, 0.4) is 0 Å². The summed E-state index contributed by atoms with van der Waals surface area (Å²) in [5.41, 5.74) is 3.16. The molecule has 0 saturated heterocycles. The van der Waals surface area contributed by atoms with Crippen LogP contribution < -0.4 is 4.74 Å². The van der Waals surface area contributed by atoms with Gasteiger partial charge in [0.25, 0.3) is 0 Å². The lowest BCUT2D eigenvalue weighted by atomic mass is 10.1. The summed E-state index contributed by atoms with van der Waals surface area (Å²) in [5.74, 6) is 0.251. The number of aryl methyl sites for hydroxylation is 2. The van der Waals surface area contributed by atoms with Gasteiger partial charge in [-0.05, 0) is 47.9 Å². The molecule has 1 aliphatic carbocycles. The van der Waals surface area contributed by atoms with E-state index in [1.165, 1.54) is 17.5 Å². The number of hydrogen-bond donors (Lipinski definition) is 0. The van der Waals surface area contributed by atoms with Gasteiger partial charge in [-0.2, -0.15) is 0 Å². The SMILES string of the molecule is O=C(Oc1ccc2c(c1)CCC2)c1cncc2ccccc12. The number of hydrogen-bond acceptors (Lipinski definition) is 3. The summed E-state index contributed by atoms with van der Waals surface area (Å²) < 4.78 is 5.55. The van der Waals surface area contributed by atoms with Crippen LogP contribution in [-0.4, -0.2) is 11.0 Å². The number of nitrogens with zero attached hydrogens (tertiary/aromatic N) is 1. The number of carbonyl (C=O) groups excluding carboxylic acids is 1. The highest BCUT2D eigenvalue weighted by Crippen LogP contribution is 2.27. The molecule has 1 aliphatic rings. The molecule has 0 aliphatic heterocycles. The van der Waals surface area contributed by atoms with Crippen LogP contribution in [0.4, 0.5) is 0 Å². The Kier molecular flexibility index (Phi) is 3.11. The number of carbonyl (C=O) groups is 1. The summed E-state index contributed by atoms with van der Waals surface area (Å²) >= 11 is 0. The predicted molar refractivity (Wildman–Crippen MR) is 85.2 cm³/mol. The van der Waals surface area contributed by atoms with E-state index in [0.29, 0.717) is 11.3 Å². The lowest BCUT2D eigenvalue weighted by Gasteiger charge is -2.08. The van der Waals surface area contributed by atoms with Gasteiger partial charge in [0, 0.05) is 17.8 Å². The molecule has 1 heterocycles. The molecule has 0 saturated carbocycles. The van der Waals surface area contributed by atoms with Crippen molar-refractivity contribution in [1.29, 1.82) is 0 Å². The Morgan fingerprint density at radius 3 is 2.82 bits per heavy atom. The van der Waals surface area contributed by atoms with Crippen molar-refractivity contribution >= 4 is 16.7 Å². The molecule has 22 heavy (non-hydrogen) atoms. The highest BCUT2D eigenvalue weighted by atomic mass is 16.5. The van der Waals surface area contributed by atoms with Crippen LogP contribution in [0.25, 0.3) is 10.8 Å². The monoisotopic (exact) mass is 289 g/mol. The molecule has 0 spiro atoms. The Balaban J connectivity index is 1.66. The molecule has 0 N–H and O–H groups in total. The van der Waals surface area contributed by atoms with Crippen LogP contribution in [0.5, 0.6) is 5.75 Å². The van der Waals surface area contributed by atoms with Gasteiger partial charge in [-0.25, -0.2) is 4.79 Å². The second-order valence-electron chi connectivity index (χ2n) is 5.58. The van der Waals surface area contributed by atoms with Crippen molar-refractivity contribution in [2.45, 2.75) is 19.3 Å². The van der Waals surface area contributed by atoms with E-state index in [1.54, 1.807) is 12.4 Å². The van der Waals surface area contributed by atoms with Crippen LogP contribution in [0.2, 0.25) is 0 Å². The Morgan fingerprint density at radius 1 is 1.00 bits per heavy atom. The second-order valence-corrected chi connectivity index (χ2v) is 5.58. The zero-order chi connectivity index (χ0) is 14.9. The third kappa shape index (κ3) is 2.25. The molecule has 1 aromatic heterocycles. The van der Waals surface area contributed by atoms with Gasteiger partial charge in [0.2, 0.25) is 0 Å². The van der Waals surface area contributed by atoms with Crippen LogP contribution in [0.1, 0.15) is 27.9 Å². The largest absolute Gasteiger partial charge is 0.423 e. The minimum Gasteiger partial charge on any atom is -0.423 e. The van der Waals surface area contributed by atoms with E-state index in [9.17, 15) is 4.79 Å². The number of rotatable bonds is 2. The maximum atomic E-state index is 12.5. The Hall–Kier alpha value is -2.68. The molecule has 2 aromatic carbocycles. The highest BCUT2D eigenvalue weighted by Gasteiger charge is 2.15. The van der Waals surface area contributed by atoms with Gasteiger partial charge in [-0.15, -0.1) is 0 Å². The average molecular weight is 289 g/mol. The molecule has 0 bridgehead atoms. The van der Waals surface area contributed by atoms with Crippen molar-refractivity contribution in [3.8, 4) is 5.75 Å². The van der Waals surface area contributed by atoms with Crippen molar-refractivity contribution in [1.82, 2.24) is 4.98 Å². The summed E-state index contributed by atoms with van der Waals surface area (Å²) in [6.45, 7) is 0. The third-order valence-corrected chi connectivity index (χ3v) is 4.17. The van der Waals surface area contributed by atoms with Crippen LogP contribution in [-0.2, 0) is 12.8 Å². The average Bonchev–Trinajstić information content (AvgIpc) is 3.02. The number of fused-ring (bicyclic) bond motifs is 2. The maximum Gasteiger partial charge on any atom is 0.345 e. The topological polar surface area (TPSA) is 39.2 Å². The van der Waals surface area contributed by atoms with Gasteiger partial charge in [0.15, 0.2) is 0 Å². The number of esters is 1. The van der Waals surface area contributed by atoms with E-state index in [2.05, 4.69) is 11.1 Å². The number of pyridine rings is 1. The van der Waals surface area contributed by atoms with E-state index in [4.69, 9.17) is 4.74 Å². The Labute approximate surface area is 128 Å². The first-order valence-electron chi connectivity index (χ1n) is 7.48. The summed E-state index contributed by atoms with van der Waals surface area (Å²) in [7, 11) is 0. The van der Waals surface area contributed by atoms with Gasteiger partial charge in [-0.1, -0.05) is 30.3 Å². The zero-order valence-electron chi connectivity index (χ0n) is 12.1. The van der Waals surface area contributed by atoms with Gasteiger partial charge in [-0.3, -0.25) is 4.98 Å². The van der Waals surface area contributed by atoms with Crippen molar-refractivity contribution in [3.63, 3.8) is 0 Å². The minimum atomic E-state index is -0.359. The smallest absolute Gasteiger partial charge is 0.345 e. The van der Waals surface area contributed by atoms with E-state index < -0.39 is 0 Å². The molecule has 0 unspecified atom stereocenters. The normalized spacial score (nSPS) is 13.1. The molecule has 0 fully saturated rings. The van der Waals surface area contributed by atoms with Crippen molar-refractivity contribution < 1.29 is 9.53 Å². The standard InChI is InChI=1S/C19H15NO2/c21-19(18-12-20-11-15-4-1-2-7-17(15)18)22-16-9-8-13-5-3-6-14(13)10-16/h1-2,4,7-12H,3,5-6H2. The molecule has 3 heteroatoms. The van der Waals surface area contributed by atoms with Gasteiger partial charge in [0.05, 0.1) is 5.56 Å². The van der Waals surface area contributed by atoms with Crippen molar-refractivity contribution in [2.75, 3.05) is 0 Å². The Morgan fingerprint density at radius 2 is 1.86 bits per heavy atom. The number of ether oxygens (including phenoxy) is 1. The van der Waals surface area contributed by atoms with Crippen molar-refractivity contribution in [2.24, 2.45) is 0 Å². The zero-order valence-corrected chi connectivity index (χ0v) is 12.1. The van der Waals surface area contributed by atoms with E-state index in [0.717, 1.165) is 23.6 Å². The second kappa shape index (κ2) is 5.26. The molecular formula is C19H15NO2. The summed E-state index contributed by atoms with van der Waals surface area (Å²) in [5, 5.41) is 1.80. The molecule has 3 nitrogen and oxygen atoms in total. The van der Waals surface area contributed by atoms with Crippen LogP contribution >= 0.6 is 0 Å². The molecule has 108 valence electrons. The number of aromatic nitrogens is 1. The predicted octanol–water partition coefficient (Wildman–Crippen LogP) is 3.94. The fraction of sp³-hybridized carbons (Fsp3) is 0.158. The maximum absolute atomic E-state index is 12.5. The molecule has 0 amide bonds. The van der Waals surface area contributed by atoms with E-state index >= 15 is 0 Å². The lowest BCUT2D eigenvalue weighted by Crippen LogP contribution is -2.09. The Bertz CT molecular complexity index is 865.